The zero-order valence-electron chi connectivity index (χ0n) is 17.8. The van der Waals surface area contributed by atoms with Crippen LogP contribution in [0.2, 0.25) is 0 Å². The molecular formula is C25H26N4O. The van der Waals surface area contributed by atoms with Crippen molar-refractivity contribution in [3.63, 3.8) is 0 Å². The highest BCUT2D eigenvalue weighted by Crippen LogP contribution is 2.35. The number of benzene rings is 3. The second kappa shape index (κ2) is 8.03. The average Bonchev–Trinajstić information content (AvgIpc) is 3.11. The van der Waals surface area contributed by atoms with Crippen molar-refractivity contribution in [1.29, 1.82) is 0 Å². The molecule has 2 amide bonds. The molecule has 1 heterocycles. The van der Waals surface area contributed by atoms with Crippen LogP contribution in [0.4, 0.5) is 10.5 Å². The molecular weight excluding hydrogens is 372 g/mol. The summed E-state index contributed by atoms with van der Waals surface area (Å²) in [5.74, 6) is 0.931. The number of carbonyl (C=O) groups excluding carboxylic acids is 1. The normalized spacial score (nSPS) is 10.9. The monoisotopic (exact) mass is 398 g/mol. The minimum Gasteiger partial charge on any atom is -0.341 e. The number of imidazole rings is 1. The number of urea groups is 1. The van der Waals surface area contributed by atoms with Gasteiger partial charge in [0.05, 0.1) is 11.0 Å². The summed E-state index contributed by atoms with van der Waals surface area (Å²) in [6.45, 7) is 7.19. The van der Waals surface area contributed by atoms with Gasteiger partial charge in [0.25, 0.3) is 0 Å². The van der Waals surface area contributed by atoms with E-state index in [0.717, 1.165) is 34.7 Å². The van der Waals surface area contributed by atoms with Gasteiger partial charge in [-0.25, -0.2) is 9.78 Å². The van der Waals surface area contributed by atoms with Crippen LogP contribution >= 0.6 is 0 Å². The summed E-state index contributed by atoms with van der Waals surface area (Å²) in [4.78, 5) is 16.6. The minimum atomic E-state index is -0.246. The van der Waals surface area contributed by atoms with Crippen LogP contribution in [0.3, 0.4) is 0 Å². The largest absolute Gasteiger partial charge is 0.341 e. The number of aryl methyl sites for hydroxylation is 3. The number of hydrogen-bond donors (Lipinski definition) is 2. The Kier molecular flexibility index (Phi) is 5.27. The van der Waals surface area contributed by atoms with Crippen molar-refractivity contribution >= 4 is 22.8 Å². The van der Waals surface area contributed by atoms with Gasteiger partial charge in [-0.05, 0) is 55.7 Å². The van der Waals surface area contributed by atoms with Crippen molar-refractivity contribution in [2.75, 3.05) is 12.4 Å². The van der Waals surface area contributed by atoms with E-state index in [4.69, 9.17) is 4.98 Å². The van der Waals surface area contributed by atoms with Crippen molar-refractivity contribution in [3.05, 3.63) is 71.8 Å². The Bertz CT molecular complexity index is 1240. The second-order valence-corrected chi connectivity index (χ2v) is 7.45. The van der Waals surface area contributed by atoms with E-state index in [1.54, 1.807) is 7.05 Å². The van der Waals surface area contributed by atoms with Gasteiger partial charge in [0.1, 0.15) is 5.82 Å². The van der Waals surface area contributed by atoms with Crippen molar-refractivity contribution in [1.82, 2.24) is 14.9 Å². The van der Waals surface area contributed by atoms with Crippen molar-refractivity contribution in [2.24, 2.45) is 0 Å². The van der Waals surface area contributed by atoms with Gasteiger partial charge in [-0.15, -0.1) is 0 Å². The van der Waals surface area contributed by atoms with Crippen LogP contribution in [0.15, 0.2) is 60.7 Å². The predicted octanol–water partition coefficient (Wildman–Crippen LogP) is 5.76. The number of aromatic nitrogens is 2. The van der Waals surface area contributed by atoms with Gasteiger partial charge in [-0.3, -0.25) is 0 Å². The molecule has 1 aromatic heterocycles. The maximum Gasteiger partial charge on any atom is 0.318 e. The van der Waals surface area contributed by atoms with Gasteiger partial charge in [-0.2, -0.15) is 0 Å². The lowest BCUT2D eigenvalue weighted by atomic mass is 9.94. The quantitative estimate of drug-likeness (QED) is 0.459. The third-order valence-electron chi connectivity index (χ3n) is 5.39. The van der Waals surface area contributed by atoms with E-state index in [2.05, 4.69) is 78.4 Å². The molecule has 0 aliphatic rings. The fourth-order valence-corrected chi connectivity index (χ4v) is 3.96. The van der Waals surface area contributed by atoms with Crippen molar-refractivity contribution in [3.8, 4) is 22.5 Å². The third kappa shape index (κ3) is 3.54. The molecule has 0 spiro atoms. The predicted molar refractivity (Wildman–Crippen MR) is 124 cm³/mol. The molecule has 4 rings (SSSR count). The standard InChI is InChI=1S/C25H26N4O/c1-5-29-23-13-11-18(27-25(30)26-4)15-22(23)28-24(29)21-9-7-6-8-20(21)19-12-10-16(2)14-17(19)3/h6-15H,5H2,1-4H3,(H2,26,27,30). The summed E-state index contributed by atoms with van der Waals surface area (Å²) in [5.41, 5.74) is 8.61. The molecule has 0 saturated heterocycles. The Morgan fingerprint density at radius 1 is 0.967 bits per heavy atom. The number of fused-ring (bicyclic) bond motifs is 1. The molecule has 152 valence electrons. The molecule has 0 unspecified atom stereocenters. The molecule has 0 atom stereocenters. The van der Waals surface area contributed by atoms with E-state index in [1.165, 1.54) is 22.3 Å². The highest BCUT2D eigenvalue weighted by Gasteiger charge is 2.17. The third-order valence-corrected chi connectivity index (χ3v) is 5.39. The Hall–Kier alpha value is -3.60. The Labute approximate surface area is 176 Å². The first kappa shape index (κ1) is 19.7. The second-order valence-electron chi connectivity index (χ2n) is 7.45. The van der Waals surface area contributed by atoms with E-state index in [1.807, 2.05) is 18.2 Å². The Morgan fingerprint density at radius 2 is 1.73 bits per heavy atom. The van der Waals surface area contributed by atoms with E-state index in [-0.39, 0.29) is 6.03 Å². The van der Waals surface area contributed by atoms with E-state index in [9.17, 15) is 4.79 Å². The van der Waals surface area contributed by atoms with Crippen LogP contribution in [-0.4, -0.2) is 22.6 Å². The number of rotatable bonds is 4. The molecule has 0 aliphatic heterocycles. The van der Waals surface area contributed by atoms with Gasteiger partial charge in [0.2, 0.25) is 0 Å². The van der Waals surface area contributed by atoms with Gasteiger partial charge in [0.15, 0.2) is 0 Å². The van der Waals surface area contributed by atoms with E-state index in [0.29, 0.717) is 0 Å². The number of carbonyl (C=O) groups is 1. The molecule has 4 aromatic rings. The fourth-order valence-electron chi connectivity index (χ4n) is 3.96. The summed E-state index contributed by atoms with van der Waals surface area (Å²) in [6, 6.07) is 20.6. The van der Waals surface area contributed by atoms with Crippen LogP contribution < -0.4 is 10.6 Å². The summed E-state index contributed by atoms with van der Waals surface area (Å²) >= 11 is 0. The van der Waals surface area contributed by atoms with Crippen LogP contribution in [0, 0.1) is 13.8 Å². The molecule has 5 heteroatoms. The smallest absolute Gasteiger partial charge is 0.318 e. The molecule has 0 fully saturated rings. The number of anilines is 1. The topological polar surface area (TPSA) is 59.0 Å². The minimum absolute atomic E-state index is 0.246. The lowest BCUT2D eigenvalue weighted by Crippen LogP contribution is -2.24. The first-order chi connectivity index (χ1) is 14.5. The Balaban J connectivity index is 1.88. The first-order valence-electron chi connectivity index (χ1n) is 10.2. The zero-order valence-corrected chi connectivity index (χ0v) is 17.8. The summed E-state index contributed by atoms with van der Waals surface area (Å²) in [7, 11) is 1.60. The molecule has 30 heavy (non-hydrogen) atoms. The first-order valence-corrected chi connectivity index (χ1v) is 10.2. The highest BCUT2D eigenvalue weighted by atomic mass is 16.2. The summed E-state index contributed by atoms with van der Waals surface area (Å²) in [5, 5.41) is 5.40. The van der Waals surface area contributed by atoms with Crippen molar-refractivity contribution in [2.45, 2.75) is 27.3 Å². The summed E-state index contributed by atoms with van der Waals surface area (Å²) < 4.78 is 2.22. The molecule has 5 nitrogen and oxygen atoms in total. The average molecular weight is 399 g/mol. The number of amides is 2. The van der Waals surface area contributed by atoms with E-state index >= 15 is 0 Å². The molecule has 0 saturated carbocycles. The van der Waals surface area contributed by atoms with Crippen molar-refractivity contribution < 1.29 is 4.79 Å². The summed E-state index contributed by atoms with van der Waals surface area (Å²) in [6.07, 6.45) is 0. The SMILES string of the molecule is CCn1c(-c2ccccc2-c2ccc(C)cc2C)nc2cc(NC(=O)NC)ccc21. The van der Waals surface area contributed by atoms with Gasteiger partial charge >= 0.3 is 6.03 Å². The van der Waals surface area contributed by atoms with Crippen LogP contribution in [0.5, 0.6) is 0 Å². The number of nitrogens with zero attached hydrogens (tertiary/aromatic N) is 2. The van der Waals surface area contributed by atoms with Crippen LogP contribution in [-0.2, 0) is 6.54 Å². The lowest BCUT2D eigenvalue weighted by Gasteiger charge is -2.14. The number of hydrogen-bond acceptors (Lipinski definition) is 2. The maximum atomic E-state index is 11.7. The maximum absolute atomic E-state index is 11.7. The Morgan fingerprint density at radius 3 is 2.43 bits per heavy atom. The molecule has 2 N–H and O–H groups in total. The lowest BCUT2D eigenvalue weighted by molar-refractivity contribution is 0.254. The molecule has 0 aliphatic carbocycles. The van der Waals surface area contributed by atoms with Gasteiger partial charge in [0, 0.05) is 24.8 Å². The van der Waals surface area contributed by atoms with Gasteiger partial charge < -0.3 is 15.2 Å². The highest BCUT2D eigenvalue weighted by molar-refractivity contribution is 5.93. The number of nitrogens with one attached hydrogen (secondary N) is 2. The van der Waals surface area contributed by atoms with Crippen LogP contribution in [0.25, 0.3) is 33.5 Å². The molecule has 3 aromatic carbocycles. The zero-order chi connectivity index (χ0) is 21.3. The van der Waals surface area contributed by atoms with Gasteiger partial charge in [-0.1, -0.05) is 48.0 Å². The molecule has 0 bridgehead atoms. The van der Waals surface area contributed by atoms with Crippen LogP contribution in [0.1, 0.15) is 18.1 Å². The molecule has 0 radical (unpaired) electrons. The van der Waals surface area contributed by atoms with E-state index < -0.39 is 0 Å². The fraction of sp³-hybridized carbons (Fsp3) is 0.200.